The van der Waals surface area contributed by atoms with E-state index in [1.165, 1.54) is 33.1 Å². The zero-order chi connectivity index (χ0) is 43.5. The number of halogens is 2. The molecule has 1 aromatic heterocycles. The van der Waals surface area contributed by atoms with E-state index in [1.54, 1.807) is 40.7 Å². The third-order valence-corrected chi connectivity index (χ3v) is 15.1. The molecule has 2 aromatic rings. The predicted molar refractivity (Wildman–Crippen MR) is 218 cm³/mol. The molecule has 12 nitrogen and oxygen atoms in total. The summed E-state index contributed by atoms with van der Waals surface area (Å²) in [6, 6.07) is 0.273. The fraction of sp³-hybridized carbons (Fsp3) is 0.644. The monoisotopic (exact) mass is 823 g/mol. The molecule has 2 heterocycles. The standard InChI is InChI=1S/C24H33FO5.C21H26FN3O4/c1-13-10-17-16-7-6-14-11-15(26)8-9-21(14,4)23(16,25)18(27)12-22(17,5)24(13,30)19(28)20(2,3)29;1-10-9-24(8-7-23-10)18-16(22)11(2)14-17(20(18)29-4)25(13-5-6-13)12(3)15(19(14)26)21(27)28/h8-9,11,13,16-18,27,29-30H,6-7,10,12H2,1-5H3;10,13,23H,5-9H2,1-4H3,(H,27,28)/t13-,16-,17-,18-,21-,22-,23-,24-;/m0./s1. The summed E-state index contributed by atoms with van der Waals surface area (Å²) < 4.78 is 40.2. The lowest BCUT2D eigenvalue weighted by molar-refractivity contribution is -0.223. The third kappa shape index (κ3) is 6.08. The zero-order valence-corrected chi connectivity index (χ0v) is 35.5. The van der Waals surface area contributed by atoms with E-state index in [4.69, 9.17) is 4.74 Å². The van der Waals surface area contributed by atoms with Gasteiger partial charge in [0.05, 0.1) is 24.1 Å². The maximum Gasteiger partial charge on any atom is 0.341 e. The lowest BCUT2D eigenvalue weighted by Gasteiger charge is -2.62. The lowest BCUT2D eigenvalue weighted by Crippen LogP contribution is -2.70. The number of carbonyl (C=O) groups excluding carboxylic acids is 2. The number of Topliss-reactive ketones (excluding diaryl/α,β-unsaturated/α-hetero) is 1. The van der Waals surface area contributed by atoms with E-state index in [-0.39, 0.29) is 46.7 Å². The predicted octanol–water partition coefficient (Wildman–Crippen LogP) is 5.27. The molecule has 5 fully saturated rings. The van der Waals surface area contributed by atoms with Gasteiger partial charge in [-0.25, -0.2) is 13.6 Å². The zero-order valence-electron chi connectivity index (χ0n) is 35.5. The number of anilines is 1. The highest BCUT2D eigenvalue weighted by atomic mass is 19.1. The highest BCUT2D eigenvalue weighted by molar-refractivity contribution is 6.02. The number of carboxylic acids is 1. The topological polar surface area (TPSA) is 179 Å². The highest BCUT2D eigenvalue weighted by Crippen LogP contribution is 2.71. The number of ether oxygens (including phenoxy) is 1. The second-order valence-electron chi connectivity index (χ2n) is 19.1. The molecule has 1 aromatic carbocycles. The van der Waals surface area contributed by atoms with Gasteiger partial charge in [-0.2, -0.15) is 0 Å². The van der Waals surface area contributed by atoms with Gasteiger partial charge in [-0.1, -0.05) is 25.5 Å². The number of aryl methyl sites for hydroxylation is 1. The Morgan fingerprint density at radius 1 is 1.08 bits per heavy atom. The summed E-state index contributed by atoms with van der Waals surface area (Å²) in [5, 5.41) is 46.5. The van der Waals surface area contributed by atoms with Crippen molar-refractivity contribution in [1.82, 2.24) is 9.88 Å². The number of pyridine rings is 1. The maximum atomic E-state index is 17.0. The smallest absolute Gasteiger partial charge is 0.341 e. The van der Waals surface area contributed by atoms with Gasteiger partial charge in [0.2, 0.25) is 5.43 Å². The minimum atomic E-state index is -2.00. The molecule has 0 radical (unpaired) electrons. The van der Waals surface area contributed by atoms with Crippen LogP contribution in [0.1, 0.15) is 108 Å². The summed E-state index contributed by atoms with van der Waals surface area (Å²) in [6.45, 7) is 15.2. The molecule has 0 spiro atoms. The average Bonchev–Trinajstić information content (AvgIpc) is 3.97. The third-order valence-electron chi connectivity index (χ3n) is 15.1. The van der Waals surface area contributed by atoms with Crippen molar-refractivity contribution in [1.29, 1.82) is 0 Å². The van der Waals surface area contributed by atoms with Gasteiger partial charge in [0.25, 0.3) is 0 Å². The second-order valence-corrected chi connectivity index (χ2v) is 19.1. The molecule has 1 aliphatic heterocycles. The molecule has 5 N–H and O–H groups in total. The molecule has 8 rings (SSSR count). The van der Waals surface area contributed by atoms with Gasteiger partial charge in [0.15, 0.2) is 28.8 Å². The first kappa shape index (κ1) is 43.1. The number of nitrogens with one attached hydrogen (secondary N) is 1. The first-order chi connectivity index (χ1) is 27.4. The first-order valence-corrected chi connectivity index (χ1v) is 20.9. The SMILES string of the molecule is COc1c(N2CCNC(C)C2)c(F)c(C)c2c(=O)c(C(=O)O)c(C)n(C3CC3)c12.C[C@H]1C[C@H]2[C@@H]3CCC4=CC(=O)C=C[C@]4(C)[C@@]3(F)[C@@H](O)C[C@]2(C)[C@@]1(O)C(=O)C(C)(C)O. The molecule has 1 unspecified atom stereocenters. The summed E-state index contributed by atoms with van der Waals surface area (Å²) in [7, 11) is 1.47. The van der Waals surface area contributed by atoms with E-state index in [2.05, 4.69) is 5.32 Å². The Morgan fingerprint density at radius 2 is 1.75 bits per heavy atom. The molecule has 0 bridgehead atoms. The number of aromatic carboxylic acids is 1. The number of carbonyl (C=O) groups is 3. The molecule has 6 aliphatic rings. The number of aromatic nitrogens is 1. The molecule has 0 amide bonds. The molecule has 322 valence electrons. The summed E-state index contributed by atoms with van der Waals surface area (Å²) in [5.74, 6) is -3.73. The number of fused-ring (bicyclic) bond motifs is 6. The normalized spacial score (nSPS) is 35.3. The number of methoxy groups -OCH3 is 1. The van der Waals surface area contributed by atoms with E-state index in [1.807, 2.05) is 16.4 Å². The van der Waals surface area contributed by atoms with Crippen LogP contribution in [0.4, 0.5) is 14.5 Å². The van der Waals surface area contributed by atoms with Crippen LogP contribution in [-0.4, -0.2) is 98.3 Å². The van der Waals surface area contributed by atoms with Gasteiger partial charge in [0, 0.05) is 59.7 Å². The van der Waals surface area contributed by atoms with Gasteiger partial charge < -0.3 is 39.9 Å². The van der Waals surface area contributed by atoms with E-state index in [0.29, 0.717) is 67.1 Å². The Bertz CT molecular complexity index is 2260. The Balaban J connectivity index is 0.000000179. The van der Waals surface area contributed by atoms with Crippen LogP contribution >= 0.6 is 0 Å². The number of aliphatic hydroxyl groups excluding tert-OH is 1. The van der Waals surface area contributed by atoms with Gasteiger partial charge in [-0.05, 0) is 104 Å². The van der Waals surface area contributed by atoms with E-state index < -0.39 is 68.6 Å². The molecular weight excluding hydrogens is 765 g/mol. The summed E-state index contributed by atoms with van der Waals surface area (Å²) in [4.78, 5) is 52.0. The number of ketones is 2. The van der Waals surface area contributed by atoms with Crippen LogP contribution in [0.5, 0.6) is 5.75 Å². The molecule has 1 saturated heterocycles. The van der Waals surface area contributed by atoms with Crippen molar-refractivity contribution in [3.8, 4) is 5.75 Å². The Hall–Kier alpha value is -3.98. The number of benzene rings is 1. The average molecular weight is 824 g/mol. The fourth-order valence-corrected chi connectivity index (χ4v) is 12.0. The van der Waals surface area contributed by atoms with Crippen LogP contribution in [0.25, 0.3) is 10.9 Å². The number of carboxylic acid groups (broad SMARTS) is 1. The second kappa shape index (κ2) is 14.3. The summed E-state index contributed by atoms with van der Waals surface area (Å²) in [5.41, 5.74) is -6.59. The molecule has 4 saturated carbocycles. The van der Waals surface area contributed by atoms with Crippen molar-refractivity contribution in [3.63, 3.8) is 0 Å². The van der Waals surface area contributed by atoms with Gasteiger partial charge in [-0.3, -0.25) is 14.4 Å². The van der Waals surface area contributed by atoms with Crippen molar-refractivity contribution in [2.75, 3.05) is 31.6 Å². The van der Waals surface area contributed by atoms with Crippen LogP contribution in [0.15, 0.2) is 28.6 Å². The summed E-state index contributed by atoms with van der Waals surface area (Å²) in [6.07, 6.45) is 6.15. The van der Waals surface area contributed by atoms with Crippen LogP contribution in [0.3, 0.4) is 0 Å². The van der Waals surface area contributed by atoms with Crippen LogP contribution < -0.4 is 20.4 Å². The minimum absolute atomic E-state index is 0.0853. The molecule has 14 heteroatoms. The fourth-order valence-electron chi connectivity index (χ4n) is 12.0. The summed E-state index contributed by atoms with van der Waals surface area (Å²) >= 11 is 0. The Labute approximate surface area is 343 Å². The lowest BCUT2D eigenvalue weighted by atomic mass is 9.44. The van der Waals surface area contributed by atoms with Gasteiger partial charge in [-0.15, -0.1) is 0 Å². The van der Waals surface area contributed by atoms with Gasteiger partial charge >= 0.3 is 5.97 Å². The highest BCUT2D eigenvalue weighted by Gasteiger charge is 2.76. The minimum Gasteiger partial charge on any atom is -0.492 e. The van der Waals surface area contributed by atoms with Crippen molar-refractivity contribution >= 4 is 34.1 Å². The largest absolute Gasteiger partial charge is 0.492 e. The van der Waals surface area contributed by atoms with E-state index in [0.717, 1.165) is 12.8 Å². The quantitative estimate of drug-likeness (QED) is 0.256. The number of nitrogens with zero attached hydrogens (tertiary/aromatic N) is 2. The molecular formula is C45H59F2N3O9. The first-order valence-electron chi connectivity index (χ1n) is 20.9. The van der Waals surface area contributed by atoms with Crippen molar-refractivity contribution in [2.24, 2.45) is 28.6 Å². The van der Waals surface area contributed by atoms with E-state index in [9.17, 15) is 39.6 Å². The number of hydrogen-bond acceptors (Lipinski definition) is 10. The van der Waals surface area contributed by atoms with Crippen LogP contribution in [0.2, 0.25) is 0 Å². The number of piperazine rings is 1. The number of alkyl halides is 1. The van der Waals surface area contributed by atoms with Crippen molar-refractivity contribution in [2.45, 2.75) is 129 Å². The van der Waals surface area contributed by atoms with Crippen molar-refractivity contribution < 1.29 is 48.3 Å². The number of aliphatic hydroxyl groups is 3. The Kier molecular flexibility index (Phi) is 10.5. The van der Waals surface area contributed by atoms with Crippen LogP contribution in [-0.2, 0) is 9.59 Å². The molecule has 59 heavy (non-hydrogen) atoms. The van der Waals surface area contributed by atoms with Crippen LogP contribution in [0, 0.1) is 48.2 Å². The van der Waals surface area contributed by atoms with Crippen molar-refractivity contribution in [3.05, 3.63) is 56.7 Å². The maximum absolute atomic E-state index is 17.0. The van der Waals surface area contributed by atoms with E-state index >= 15 is 8.78 Å². The molecule has 5 aliphatic carbocycles. The number of hydrogen-bond donors (Lipinski definition) is 5. The number of allylic oxidation sites excluding steroid dienone is 4. The molecule has 9 atom stereocenters. The number of rotatable bonds is 6. The Morgan fingerprint density at radius 3 is 2.32 bits per heavy atom. The van der Waals surface area contributed by atoms with Gasteiger partial charge in [0.1, 0.15) is 22.5 Å².